The maximum Gasteiger partial charge on any atom is 0.323 e. The Morgan fingerprint density at radius 3 is 2.39 bits per heavy atom. The maximum atomic E-state index is 12.6. The van der Waals surface area contributed by atoms with Crippen LogP contribution in [0.5, 0.6) is 5.75 Å². The number of nitrogens with one attached hydrogen (secondary N) is 3. The van der Waals surface area contributed by atoms with E-state index < -0.39 is 16.1 Å². The summed E-state index contributed by atoms with van der Waals surface area (Å²) in [5, 5.41) is 5.78. The lowest BCUT2D eigenvalue weighted by molar-refractivity contribution is 0.262. The first-order valence-corrected chi connectivity index (χ1v) is 12.3. The van der Waals surface area contributed by atoms with E-state index in [4.69, 9.17) is 4.74 Å². The van der Waals surface area contributed by atoms with E-state index in [9.17, 15) is 13.2 Å². The molecular formula is C23H22N4O4S2. The number of ether oxygens (including phenoxy) is 1. The smallest absolute Gasteiger partial charge is 0.323 e. The van der Waals surface area contributed by atoms with E-state index in [-0.39, 0.29) is 10.0 Å². The van der Waals surface area contributed by atoms with Gasteiger partial charge < -0.3 is 15.4 Å². The van der Waals surface area contributed by atoms with E-state index in [1.807, 2.05) is 26.0 Å². The van der Waals surface area contributed by atoms with Crippen LogP contribution in [0.1, 0.15) is 11.1 Å². The van der Waals surface area contributed by atoms with Crippen molar-refractivity contribution in [3.8, 4) is 5.75 Å². The molecule has 0 fully saturated rings. The van der Waals surface area contributed by atoms with Gasteiger partial charge in [-0.25, -0.2) is 18.2 Å². The third-order valence-corrected chi connectivity index (χ3v) is 7.24. The molecule has 0 spiro atoms. The number of aryl methyl sites for hydroxylation is 2. The van der Waals surface area contributed by atoms with E-state index in [0.717, 1.165) is 15.8 Å². The van der Waals surface area contributed by atoms with Crippen LogP contribution >= 0.6 is 11.3 Å². The Kier molecular flexibility index (Phi) is 6.21. The molecule has 1 aromatic heterocycles. The Morgan fingerprint density at radius 2 is 1.67 bits per heavy atom. The highest BCUT2D eigenvalue weighted by molar-refractivity contribution is 7.93. The predicted molar refractivity (Wildman–Crippen MR) is 132 cm³/mol. The second kappa shape index (κ2) is 9.08. The molecule has 0 saturated heterocycles. The molecule has 0 bridgehead atoms. The van der Waals surface area contributed by atoms with E-state index in [0.29, 0.717) is 22.6 Å². The highest BCUT2D eigenvalue weighted by Gasteiger charge is 2.17. The highest BCUT2D eigenvalue weighted by Crippen LogP contribution is 2.30. The minimum absolute atomic E-state index is 0.165. The molecule has 2 amide bonds. The summed E-state index contributed by atoms with van der Waals surface area (Å²) in [4.78, 5) is 17.0. The van der Waals surface area contributed by atoms with E-state index in [2.05, 4.69) is 20.3 Å². The number of benzene rings is 3. The molecule has 8 nitrogen and oxygen atoms in total. The van der Waals surface area contributed by atoms with Gasteiger partial charge in [0.2, 0.25) is 0 Å². The summed E-state index contributed by atoms with van der Waals surface area (Å²) in [7, 11) is -2.21. The number of hydrogen-bond acceptors (Lipinski definition) is 6. The topological polar surface area (TPSA) is 109 Å². The fourth-order valence-corrected chi connectivity index (χ4v) is 5.23. The number of fused-ring (bicyclic) bond motifs is 1. The van der Waals surface area contributed by atoms with Crippen molar-refractivity contribution in [3.05, 3.63) is 71.8 Å². The van der Waals surface area contributed by atoms with Crippen molar-refractivity contribution < 1.29 is 17.9 Å². The van der Waals surface area contributed by atoms with Crippen molar-refractivity contribution in [2.75, 3.05) is 22.5 Å². The number of urea groups is 1. The van der Waals surface area contributed by atoms with Crippen LogP contribution in [0.4, 0.5) is 21.3 Å². The molecule has 10 heteroatoms. The Bertz CT molecular complexity index is 1430. The summed E-state index contributed by atoms with van der Waals surface area (Å²) < 4.78 is 33.8. The van der Waals surface area contributed by atoms with Gasteiger partial charge in [-0.3, -0.25) is 4.72 Å². The van der Waals surface area contributed by atoms with Crippen molar-refractivity contribution in [2.24, 2.45) is 0 Å². The second-order valence-electron chi connectivity index (χ2n) is 7.40. The first-order valence-electron chi connectivity index (χ1n) is 9.96. The average Bonchev–Trinajstić information content (AvgIpc) is 3.15. The Labute approximate surface area is 195 Å². The van der Waals surface area contributed by atoms with Crippen molar-refractivity contribution >= 4 is 54.1 Å². The van der Waals surface area contributed by atoms with Crippen molar-refractivity contribution in [3.63, 3.8) is 0 Å². The molecule has 0 atom stereocenters. The molecule has 4 rings (SSSR count). The number of carbonyl (C=O) groups excluding carboxylic acids is 1. The summed E-state index contributed by atoms with van der Waals surface area (Å²) in [6.45, 7) is 3.81. The SMILES string of the molecule is COc1ccc(C)cc1NC(=O)Nc1ccc2sc(NS(=O)(=O)c3ccc(C)cc3)nc2c1. The van der Waals surface area contributed by atoms with Gasteiger partial charge >= 0.3 is 6.03 Å². The minimum atomic E-state index is -3.75. The molecule has 170 valence electrons. The largest absolute Gasteiger partial charge is 0.495 e. The number of carbonyl (C=O) groups is 1. The molecule has 1 heterocycles. The maximum absolute atomic E-state index is 12.6. The fourth-order valence-electron chi connectivity index (χ4n) is 3.14. The number of sulfonamides is 1. The number of thiazole rings is 1. The van der Waals surface area contributed by atoms with Gasteiger partial charge in [0.15, 0.2) is 5.13 Å². The molecule has 4 aromatic rings. The zero-order chi connectivity index (χ0) is 23.6. The Hall–Kier alpha value is -3.63. The standard InChI is InChI=1S/C23H22N4O4S2/c1-14-4-8-17(9-5-14)33(29,30)27-23-26-19-13-16(7-11-21(19)32-23)24-22(28)25-18-12-15(2)6-10-20(18)31-3/h4-13H,1-3H3,(H,26,27)(H2,24,25,28). The van der Waals surface area contributed by atoms with Gasteiger partial charge in [-0.1, -0.05) is 35.1 Å². The van der Waals surface area contributed by atoms with Gasteiger partial charge in [-0.05, 0) is 61.9 Å². The van der Waals surface area contributed by atoms with Gasteiger partial charge in [0.05, 0.1) is 27.9 Å². The van der Waals surface area contributed by atoms with Crippen molar-refractivity contribution in [1.29, 1.82) is 0 Å². The number of anilines is 3. The summed E-state index contributed by atoms with van der Waals surface area (Å²) in [6, 6.07) is 16.8. The Balaban J connectivity index is 1.49. The summed E-state index contributed by atoms with van der Waals surface area (Å²) in [5.74, 6) is 0.552. The molecule has 3 N–H and O–H groups in total. The molecule has 0 unspecified atom stereocenters. The molecule has 0 saturated carbocycles. The van der Waals surface area contributed by atoms with Crippen LogP contribution in [-0.4, -0.2) is 26.5 Å². The fraction of sp³-hybridized carbons (Fsp3) is 0.130. The molecule has 0 aliphatic heterocycles. The van der Waals surface area contributed by atoms with Crippen LogP contribution in [-0.2, 0) is 10.0 Å². The Morgan fingerprint density at radius 1 is 0.939 bits per heavy atom. The van der Waals surface area contributed by atoms with Crippen LogP contribution < -0.4 is 20.1 Å². The zero-order valence-electron chi connectivity index (χ0n) is 18.2. The first-order chi connectivity index (χ1) is 15.7. The predicted octanol–water partition coefficient (Wildman–Crippen LogP) is 5.37. The number of rotatable bonds is 6. The molecule has 33 heavy (non-hydrogen) atoms. The van der Waals surface area contributed by atoms with Crippen molar-refractivity contribution in [2.45, 2.75) is 18.7 Å². The zero-order valence-corrected chi connectivity index (χ0v) is 19.8. The van der Waals surface area contributed by atoms with Crippen LogP contribution in [0.25, 0.3) is 10.2 Å². The van der Waals surface area contributed by atoms with E-state index in [1.54, 1.807) is 48.5 Å². The second-order valence-corrected chi connectivity index (χ2v) is 10.1. The number of nitrogens with zero attached hydrogens (tertiary/aromatic N) is 1. The van der Waals surface area contributed by atoms with E-state index in [1.165, 1.54) is 18.4 Å². The minimum Gasteiger partial charge on any atom is -0.495 e. The normalized spacial score (nSPS) is 11.2. The average molecular weight is 483 g/mol. The lowest BCUT2D eigenvalue weighted by Gasteiger charge is -2.12. The molecular weight excluding hydrogens is 460 g/mol. The van der Waals surface area contributed by atoms with Gasteiger partial charge in [0.1, 0.15) is 5.75 Å². The summed E-state index contributed by atoms with van der Waals surface area (Å²) in [6.07, 6.45) is 0. The van der Waals surface area contributed by atoms with Gasteiger partial charge in [-0.2, -0.15) is 0 Å². The van der Waals surface area contributed by atoms with E-state index >= 15 is 0 Å². The molecule has 0 aliphatic rings. The van der Waals surface area contributed by atoms with Gasteiger partial charge in [0.25, 0.3) is 10.0 Å². The van der Waals surface area contributed by atoms with Crippen molar-refractivity contribution in [1.82, 2.24) is 4.98 Å². The summed E-state index contributed by atoms with van der Waals surface area (Å²) >= 11 is 1.21. The lowest BCUT2D eigenvalue weighted by Crippen LogP contribution is -2.19. The van der Waals surface area contributed by atoms with Crippen LogP contribution in [0.15, 0.2) is 65.6 Å². The quantitative estimate of drug-likeness (QED) is 0.342. The first kappa shape index (κ1) is 22.6. The molecule has 0 aliphatic carbocycles. The lowest BCUT2D eigenvalue weighted by atomic mass is 10.2. The number of amides is 2. The van der Waals surface area contributed by atoms with Crippen LogP contribution in [0.3, 0.4) is 0 Å². The molecule has 3 aromatic carbocycles. The van der Waals surface area contributed by atoms with Crippen LogP contribution in [0.2, 0.25) is 0 Å². The highest BCUT2D eigenvalue weighted by atomic mass is 32.2. The number of aromatic nitrogens is 1. The third kappa shape index (κ3) is 5.24. The molecule has 0 radical (unpaired) electrons. The monoisotopic (exact) mass is 482 g/mol. The number of hydrogen-bond donors (Lipinski definition) is 3. The summed E-state index contributed by atoms with van der Waals surface area (Å²) in [5.41, 5.74) is 3.59. The van der Waals surface area contributed by atoms with Crippen LogP contribution in [0, 0.1) is 13.8 Å². The third-order valence-electron chi connectivity index (χ3n) is 4.80. The van der Waals surface area contributed by atoms with Gasteiger partial charge in [-0.15, -0.1) is 0 Å². The number of methoxy groups -OCH3 is 1. The van der Waals surface area contributed by atoms with Gasteiger partial charge in [0, 0.05) is 5.69 Å².